The molecule has 2 heterocycles. The molecule has 1 saturated heterocycles. The molecule has 2 aromatic rings. The molecule has 1 N–H and O–H groups in total. The van der Waals surface area contributed by atoms with Gasteiger partial charge in [-0.25, -0.2) is 0 Å². The molecule has 1 aromatic carbocycles. The summed E-state index contributed by atoms with van der Waals surface area (Å²) < 4.78 is 0. The summed E-state index contributed by atoms with van der Waals surface area (Å²) in [6, 6.07) is 5.35. The van der Waals surface area contributed by atoms with Crippen LogP contribution >= 0.6 is 23.2 Å². The molecule has 0 radical (unpaired) electrons. The lowest BCUT2D eigenvalue weighted by atomic mass is 10.00. The summed E-state index contributed by atoms with van der Waals surface area (Å²) in [7, 11) is 0. The molecule has 0 amide bonds. The lowest BCUT2D eigenvalue weighted by molar-refractivity contribution is 0.433. The van der Waals surface area contributed by atoms with Crippen molar-refractivity contribution in [1.29, 1.82) is 0 Å². The maximum atomic E-state index is 6.02. The van der Waals surface area contributed by atoms with Gasteiger partial charge in [-0.15, -0.1) is 5.10 Å². The van der Waals surface area contributed by atoms with Gasteiger partial charge in [-0.05, 0) is 37.0 Å². The number of piperidine rings is 1. The number of aromatic nitrogens is 3. The molecule has 3 rings (SSSR count). The highest BCUT2D eigenvalue weighted by Gasteiger charge is 2.18. The molecule has 0 spiro atoms. The average Bonchev–Trinajstić information content (AvgIpc) is 2.52. The average molecular weight is 338 g/mol. The fourth-order valence-corrected chi connectivity index (χ4v) is 2.72. The van der Waals surface area contributed by atoms with Gasteiger partial charge in [0.2, 0.25) is 5.95 Å². The summed E-state index contributed by atoms with van der Waals surface area (Å²) in [5.41, 5.74) is 0.813. The number of benzene rings is 1. The lowest BCUT2D eigenvalue weighted by Gasteiger charge is -2.29. The van der Waals surface area contributed by atoms with Gasteiger partial charge in [0, 0.05) is 18.8 Å². The lowest BCUT2D eigenvalue weighted by Crippen LogP contribution is -2.34. The minimum absolute atomic E-state index is 0.499. The van der Waals surface area contributed by atoms with Gasteiger partial charge in [-0.2, -0.15) is 10.1 Å². The monoisotopic (exact) mass is 337 g/mol. The molecule has 0 saturated carbocycles. The summed E-state index contributed by atoms with van der Waals surface area (Å²) in [4.78, 5) is 6.71. The van der Waals surface area contributed by atoms with Gasteiger partial charge in [0.15, 0.2) is 5.82 Å². The third kappa shape index (κ3) is 3.59. The standard InChI is InChI=1S/C15H17Cl2N5/c1-10-4-6-22(7-5-10)15-20-14(9-18-21-15)19-11-2-3-12(16)13(17)8-11/h2-3,8-10H,4-7H2,1H3,(H,19,20,21). The van der Waals surface area contributed by atoms with Crippen LogP contribution in [0.2, 0.25) is 10.0 Å². The van der Waals surface area contributed by atoms with E-state index in [1.807, 2.05) is 6.07 Å². The molecule has 22 heavy (non-hydrogen) atoms. The Morgan fingerprint density at radius 1 is 1.18 bits per heavy atom. The highest BCUT2D eigenvalue weighted by atomic mass is 35.5. The van der Waals surface area contributed by atoms with Crippen molar-refractivity contribution in [3.05, 3.63) is 34.4 Å². The van der Waals surface area contributed by atoms with Gasteiger partial charge in [-0.3, -0.25) is 0 Å². The first-order valence-corrected chi connectivity index (χ1v) is 8.04. The molecule has 0 unspecified atom stereocenters. The molecule has 1 fully saturated rings. The van der Waals surface area contributed by atoms with Crippen molar-refractivity contribution in [2.45, 2.75) is 19.8 Å². The van der Waals surface area contributed by atoms with E-state index in [1.54, 1.807) is 18.3 Å². The van der Waals surface area contributed by atoms with Gasteiger partial charge in [0.1, 0.15) is 0 Å². The zero-order valence-electron chi connectivity index (χ0n) is 12.3. The van der Waals surface area contributed by atoms with Crippen LogP contribution in [0.1, 0.15) is 19.8 Å². The van der Waals surface area contributed by atoms with Crippen LogP contribution in [0, 0.1) is 5.92 Å². The van der Waals surface area contributed by atoms with Gasteiger partial charge in [0.25, 0.3) is 0 Å². The van der Waals surface area contributed by atoms with Crippen LogP contribution in [0.15, 0.2) is 24.4 Å². The van der Waals surface area contributed by atoms with E-state index < -0.39 is 0 Å². The highest BCUT2D eigenvalue weighted by molar-refractivity contribution is 6.42. The van der Waals surface area contributed by atoms with Crippen LogP contribution < -0.4 is 10.2 Å². The fraction of sp³-hybridized carbons (Fsp3) is 0.400. The number of hydrogen-bond donors (Lipinski definition) is 1. The second-order valence-electron chi connectivity index (χ2n) is 5.57. The maximum Gasteiger partial charge on any atom is 0.247 e. The summed E-state index contributed by atoms with van der Waals surface area (Å²) >= 11 is 11.9. The Kier molecular flexibility index (Phi) is 4.64. The van der Waals surface area contributed by atoms with Gasteiger partial charge in [0.05, 0.1) is 16.2 Å². The van der Waals surface area contributed by atoms with Crippen LogP contribution in [0.25, 0.3) is 0 Å². The van der Waals surface area contributed by atoms with Crippen LogP contribution in [0.5, 0.6) is 0 Å². The summed E-state index contributed by atoms with van der Waals surface area (Å²) in [5.74, 6) is 2.07. The van der Waals surface area contributed by atoms with Crippen molar-refractivity contribution in [2.75, 3.05) is 23.3 Å². The van der Waals surface area contributed by atoms with Crippen LogP contribution in [0.3, 0.4) is 0 Å². The van der Waals surface area contributed by atoms with Crippen LogP contribution in [-0.2, 0) is 0 Å². The van der Waals surface area contributed by atoms with E-state index in [4.69, 9.17) is 23.2 Å². The van der Waals surface area contributed by atoms with Crippen LogP contribution in [-0.4, -0.2) is 28.3 Å². The van der Waals surface area contributed by atoms with E-state index in [9.17, 15) is 0 Å². The SMILES string of the molecule is CC1CCN(c2nncc(Nc3ccc(Cl)c(Cl)c3)n2)CC1. The molecule has 1 aliphatic heterocycles. The van der Waals surface area contributed by atoms with Crippen molar-refractivity contribution in [3.8, 4) is 0 Å². The summed E-state index contributed by atoms with van der Waals surface area (Å²) in [6.07, 6.45) is 3.92. The predicted octanol–water partition coefficient (Wildman–Crippen LogP) is 4.16. The predicted molar refractivity (Wildman–Crippen MR) is 90.2 cm³/mol. The molecule has 0 atom stereocenters. The summed E-state index contributed by atoms with van der Waals surface area (Å²) in [6.45, 7) is 4.22. The van der Waals surface area contributed by atoms with Crippen molar-refractivity contribution in [1.82, 2.24) is 15.2 Å². The zero-order valence-corrected chi connectivity index (χ0v) is 13.8. The molecule has 0 aliphatic carbocycles. The Morgan fingerprint density at radius 3 is 2.68 bits per heavy atom. The third-order valence-electron chi connectivity index (χ3n) is 3.81. The first-order chi connectivity index (χ1) is 10.6. The second kappa shape index (κ2) is 6.67. The number of rotatable bonds is 3. The zero-order chi connectivity index (χ0) is 15.5. The van der Waals surface area contributed by atoms with E-state index in [-0.39, 0.29) is 0 Å². The number of hydrogen-bond acceptors (Lipinski definition) is 5. The van der Waals surface area contributed by atoms with Gasteiger partial charge in [-0.1, -0.05) is 30.1 Å². The van der Waals surface area contributed by atoms with Crippen molar-refractivity contribution >= 4 is 40.7 Å². The van der Waals surface area contributed by atoms with Gasteiger partial charge >= 0.3 is 0 Å². The Morgan fingerprint density at radius 2 is 1.95 bits per heavy atom. The first kappa shape index (κ1) is 15.3. The highest BCUT2D eigenvalue weighted by Crippen LogP contribution is 2.27. The van der Waals surface area contributed by atoms with Gasteiger partial charge < -0.3 is 10.2 Å². The van der Waals surface area contributed by atoms with E-state index in [0.717, 1.165) is 37.5 Å². The molecular formula is C15H17Cl2N5. The maximum absolute atomic E-state index is 6.02. The van der Waals surface area contributed by atoms with E-state index in [0.29, 0.717) is 21.8 Å². The molecule has 1 aromatic heterocycles. The largest absolute Gasteiger partial charge is 0.339 e. The fourth-order valence-electron chi connectivity index (χ4n) is 2.42. The van der Waals surface area contributed by atoms with E-state index in [1.165, 1.54) is 0 Å². The van der Waals surface area contributed by atoms with E-state index >= 15 is 0 Å². The first-order valence-electron chi connectivity index (χ1n) is 7.28. The Bertz CT molecular complexity index is 656. The molecule has 5 nitrogen and oxygen atoms in total. The number of nitrogens with zero attached hydrogens (tertiary/aromatic N) is 4. The second-order valence-corrected chi connectivity index (χ2v) is 6.38. The summed E-state index contributed by atoms with van der Waals surface area (Å²) in [5, 5.41) is 12.4. The number of nitrogens with one attached hydrogen (secondary N) is 1. The van der Waals surface area contributed by atoms with Crippen LogP contribution in [0.4, 0.5) is 17.5 Å². The molecule has 0 bridgehead atoms. The van der Waals surface area contributed by atoms with Crippen molar-refractivity contribution in [3.63, 3.8) is 0 Å². The number of halogens is 2. The molecular weight excluding hydrogens is 321 g/mol. The molecule has 7 heteroatoms. The smallest absolute Gasteiger partial charge is 0.247 e. The molecule has 1 aliphatic rings. The van der Waals surface area contributed by atoms with E-state index in [2.05, 4.69) is 32.3 Å². The Balaban J connectivity index is 1.74. The third-order valence-corrected chi connectivity index (χ3v) is 4.55. The Hall–Kier alpha value is -1.59. The minimum atomic E-state index is 0.499. The molecule has 116 valence electrons. The van der Waals surface area contributed by atoms with Crippen molar-refractivity contribution in [2.24, 2.45) is 5.92 Å². The minimum Gasteiger partial charge on any atom is -0.339 e. The topological polar surface area (TPSA) is 53.9 Å². The normalized spacial score (nSPS) is 15.9. The van der Waals surface area contributed by atoms with Crippen molar-refractivity contribution < 1.29 is 0 Å². The quantitative estimate of drug-likeness (QED) is 0.911. The number of anilines is 3. The Labute approximate surface area is 139 Å².